The fourth-order valence-electron chi connectivity index (χ4n) is 3.78. The Morgan fingerprint density at radius 1 is 0.700 bits per heavy atom. The third-order valence-electron chi connectivity index (χ3n) is 5.77. The van der Waals surface area contributed by atoms with E-state index in [-0.39, 0.29) is 17.7 Å². The number of hydrogen-bond donors (Lipinski definition) is 0. The average Bonchev–Trinajstić information content (AvgIpc) is 2.89. The van der Waals surface area contributed by atoms with Gasteiger partial charge in [-0.1, -0.05) is 48.2 Å². The Morgan fingerprint density at radius 3 is 1.88 bits per heavy atom. The van der Waals surface area contributed by atoms with Crippen LogP contribution in [0.25, 0.3) is 11.1 Å². The van der Waals surface area contributed by atoms with Crippen LogP contribution in [-0.4, -0.2) is 0 Å². The van der Waals surface area contributed by atoms with E-state index in [9.17, 15) is 35.1 Å². The van der Waals surface area contributed by atoms with Gasteiger partial charge in [-0.25, -0.2) is 26.3 Å². The van der Waals surface area contributed by atoms with Crippen molar-refractivity contribution in [3.63, 3.8) is 0 Å². The SMILES string of the molecule is C=CCCc1ccc(-c2ccc(C#Cc3cc(F)c(C(F)(F)Oc4cc(F)c(F)c(F)c4)c(F)c3)c(F)c2)cc1. The fourth-order valence-corrected chi connectivity index (χ4v) is 3.78. The highest BCUT2D eigenvalue weighted by atomic mass is 19.3. The van der Waals surface area contributed by atoms with Gasteiger partial charge in [-0.3, -0.25) is 0 Å². The van der Waals surface area contributed by atoms with Crippen molar-refractivity contribution in [3.8, 4) is 28.7 Å². The third-order valence-corrected chi connectivity index (χ3v) is 5.77. The first-order valence-corrected chi connectivity index (χ1v) is 11.7. The molecule has 204 valence electrons. The third kappa shape index (κ3) is 6.34. The molecule has 0 radical (unpaired) electrons. The van der Waals surface area contributed by atoms with Gasteiger partial charge >= 0.3 is 6.11 Å². The summed E-state index contributed by atoms with van der Waals surface area (Å²) < 4.78 is 116. The number of halogens is 8. The summed E-state index contributed by atoms with van der Waals surface area (Å²) in [5.74, 6) is -6.38. The molecule has 0 aliphatic heterocycles. The van der Waals surface area contributed by atoms with Gasteiger partial charge < -0.3 is 4.74 Å². The standard InChI is InChI=1S/C31H18F8O/c1-2-3-4-18-5-8-20(9-6-18)22-12-11-21(24(32)15-22)10-7-19-13-25(33)29(26(34)14-19)31(38,39)40-23-16-27(35)30(37)28(36)17-23/h2,5-6,8-9,11-17H,1,3-4H2. The highest BCUT2D eigenvalue weighted by molar-refractivity contribution is 5.65. The van der Waals surface area contributed by atoms with Crippen LogP contribution in [0.2, 0.25) is 0 Å². The van der Waals surface area contributed by atoms with Gasteiger partial charge in [-0.2, -0.15) is 8.78 Å². The quantitative estimate of drug-likeness (QED) is 0.0953. The fraction of sp³-hybridized carbons (Fsp3) is 0.0968. The summed E-state index contributed by atoms with van der Waals surface area (Å²) in [5, 5.41) is 0. The number of ether oxygens (including phenoxy) is 1. The van der Waals surface area contributed by atoms with Crippen LogP contribution in [0.1, 0.15) is 28.7 Å². The molecular formula is C31H18F8O. The van der Waals surface area contributed by atoms with E-state index in [0.29, 0.717) is 17.7 Å². The number of rotatable bonds is 7. The highest BCUT2D eigenvalue weighted by Gasteiger charge is 2.41. The topological polar surface area (TPSA) is 9.23 Å². The Bertz CT molecular complexity index is 1590. The number of benzene rings is 4. The van der Waals surface area contributed by atoms with Crippen LogP contribution in [0.15, 0.2) is 79.4 Å². The molecule has 0 unspecified atom stereocenters. The van der Waals surface area contributed by atoms with Crippen LogP contribution in [-0.2, 0) is 12.5 Å². The molecule has 0 amide bonds. The molecule has 40 heavy (non-hydrogen) atoms. The van der Waals surface area contributed by atoms with Gasteiger partial charge in [0.1, 0.15) is 28.8 Å². The van der Waals surface area contributed by atoms with Gasteiger partial charge in [0, 0.05) is 17.7 Å². The molecule has 0 saturated heterocycles. The van der Waals surface area contributed by atoms with Crippen molar-refractivity contribution in [1.29, 1.82) is 0 Å². The predicted molar refractivity (Wildman–Crippen MR) is 134 cm³/mol. The summed E-state index contributed by atoms with van der Waals surface area (Å²) in [5.41, 5.74) is 0.0591. The molecule has 0 fully saturated rings. The number of hydrogen-bond acceptors (Lipinski definition) is 1. The molecule has 0 aromatic heterocycles. The molecule has 0 aliphatic carbocycles. The van der Waals surface area contributed by atoms with Crippen molar-refractivity contribution in [2.75, 3.05) is 0 Å². The van der Waals surface area contributed by atoms with Crippen LogP contribution >= 0.6 is 0 Å². The Balaban J connectivity index is 1.55. The number of allylic oxidation sites excluding steroid dienone is 1. The lowest BCUT2D eigenvalue weighted by molar-refractivity contribution is -0.189. The van der Waals surface area contributed by atoms with Crippen molar-refractivity contribution in [3.05, 3.63) is 137 Å². The maximum Gasteiger partial charge on any atom is 0.432 e. The molecule has 0 heterocycles. The average molecular weight is 558 g/mol. The molecule has 0 bridgehead atoms. The molecule has 0 spiro atoms. The minimum Gasteiger partial charge on any atom is -0.429 e. The number of alkyl halides is 2. The van der Waals surface area contributed by atoms with Gasteiger partial charge in [0.15, 0.2) is 17.5 Å². The Labute approximate surface area is 224 Å². The van der Waals surface area contributed by atoms with Gasteiger partial charge in [-0.05, 0) is 53.8 Å². The smallest absolute Gasteiger partial charge is 0.429 e. The van der Waals surface area contributed by atoms with E-state index in [4.69, 9.17) is 0 Å². The Hall–Kier alpha value is -4.58. The van der Waals surface area contributed by atoms with Gasteiger partial charge in [0.25, 0.3) is 0 Å². The summed E-state index contributed by atoms with van der Waals surface area (Å²) in [6.45, 7) is 3.68. The molecule has 4 aromatic carbocycles. The van der Waals surface area contributed by atoms with Crippen molar-refractivity contribution >= 4 is 0 Å². The predicted octanol–water partition coefficient (Wildman–Crippen LogP) is 8.83. The normalized spacial score (nSPS) is 11.1. The second-order valence-electron chi connectivity index (χ2n) is 8.60. The van der Waals surface area contributed by atoms with E-state index >= 15 is 0 Å². The zero-order valence-corrected chi connectivity index (χ0v) is 20.5. The molecule has 4 rings (SSSR count). The summed E-state index contributed by atoms with van der Waals surface area (Å²) in [6, 6.07) is 12.9. The van der Waals surface area contributed by atoms with Crippen molar-refractivity contribution in [2.24, 2.45) is 0 Å². The van der Waals surface area contributed by atoms with Gasteiger partial charge in [-0.15, -0.1) is 6.58 Å². The molecule has 0 atom stereocenters. The summed E-state index contributed by atoms with van der Waals surface area (Å²) in [4.78, 5) is 0. The maximum atomic E-state index is 14.7. The van der Waals surface area contributed by atoms with Gasteiger partial charge in [0.05, 0.1) is 5.56 Å². The van der Waals surface area contributed by atoms with E-state index in [2.05, 4.69) is 23.2 Å². The Morgan fingerprint density at radius 2 is 1.30 bits per heavy atom. The van der Waals surface area contributed by atoms with Crippen molar-refractivity contribution in [1.82, 2.24) is 0 Å². The molecule has 0 aliphatic rings. The first-order valence-electron chi connectivity index (χ1n) is 11.7. The van der Waals surface area contributed by atoms with Crippen LogP contribution in [0.3, 0.4) is 0 Å². The highest BCUT2D eigenvalue weighted by Crippen LogP contribution is 2.36. The summed E-state index contributed by atoms with van der Waals surface area (Å²) in [6.07, 6.45) is -1.27. The van der Waals surface area contributed by atoms with Crippen LogP contribution < -0.4 is 4.74 Å². The first kappa shape index (κ1) is 28.4. The van der Waals surface area contributed by atoms with E-state index in [1.807, 2.05) is 30.3 Å². The lowest BCUT2D eigenvalue weighted by Crippen LogP contribution is -2.25. The van der Waals surface area contributed by atoms with E-state index < -0.39 is 57.9 Å². The van der Waals surface area contributed by atoms with Crippen molar-refractivity contribution < 1.29 is 39.9 Å². The first-order chi connectivity index (χ1) is 19.0. The zero-order valence-electron chi connectivity index (χ0n) is 20.5. The summed E-state index contributed by atoms with van der Waals surface area (Å²) in [7, 11) is 0. The van der Waals surface area contributed by atoms with Crippen molar-refractivity contribution in [2.45, 2.75) is 19.0 Å². The second kappa shape index (κ2) is 11.7. The van der Waals surface area contributed by atoms with E-state index in [0.717, 1.165) is 24.0 Å². The maximum absolute atomic E-state index is 14.7. The lowest BCUT2D eigenvalue weighted by Gasteiger charge is -2.19. The molecule has 0 N–H and O–H groups in total. The van der Waals surface area contributed by atoms with E-state index in [1.165, 1.54) is 12.1 Å². The van der Waals surface area contributed by atoms with Crippen LogP contribution in [0.5, 0.6) is 5.75 Å². The van der Waals surface area contributed by atoms with Crippen LogP contribution in [0, 0.1) is 46.7 Å². The molecule has 0 saturated carbocycles. The van der Waals surface area contributed by atoms with Gasteiger partial charge in [0.2, 0.25) is 0 Å². The monoisotopic (exact) mass is 558 g/mol. The molecule has 9 heteroatoms. The van der Waals surface area contributed by atoms with E-state index in [1.54, 1.807) is 6.07 Å². The lowest BCUT2D eigenvalue weighted by atomic mass is 10.0. The second-order valence-corrected chi connectivity index (χ2v) is 8.60. The molecule has 4 aromatic rings. The molecular weight excluding hydrogens is 540 g/mol. The minimum atomic E-state index is -4.73. The largest absolute Gasteiger partial charge is 0.432 e. The molecule has 1 nitrogen and oxygen atoms in total. The van der Waals surface area contributed by atoms with Crippen LogP contribution in [0.4, 0.5) is 35.1 Å². The minimum absolute atomic E-state index is 0.0984. The number of aryl methyl sites for hydroxylation is 1. The zero-order chi connectivity index (χ0) is 29.0. The Kier molecular flexibility index (Phi) is 8.29. The summed E-state index contributed by atoms with van der Waals surface area (Å²) >= 11 is 0.